The minimum Gasteiger partial charge on any atom is -0.382 e. The topological polar surface area (TPSA) is 157 Å². The smallest absolute Gasteiger partial charge is 0.217 e. The van der Waals surface area contributed by atoms with Gasteiger partial charge in [-0.2, -0.15) is 0 Å². The molecule has 0 radical (unpaired) electrons. The van der Waals surface area contributed by atoms with Crippen LogP contribution < -0.4 is 22.5 Å². The summed E-state index contributed by atoms with van der Waals surface area (Å²) in [6.45, 7) is 0. The number of hydrogen-bond donors (Lipinski definition) is 5. The predicted molar refractivity (Wildman–Crippen MR) is 81.3 cm³/mol. The largest absolute Gasteiger partial charge is 0.382 e. The fraction of sp³-hybridized carbons (Fsp3) is 0. The molecule has 21 heavy (non-hydrogen) atoms. The first-order chi connectivity index (χ1) is 9.90. The van der Waals surface area contributed by atoms with Gasteiger partial charge in [-0.05, 0) is 12.1 Å². The maximum absolute atomic E-state index is 12.5. The number of carbonyl (C=O) groups is 1. The summed E-state index contributed by atoms with van der Waals surface area (Å²) < 4.78 is 0. The first-order valence-electron chi connectivity index (χ1n) is 5.73. The van der Waals surface area contributed by atoms with E-state index in [-0.39, 0.29) is 34.0 Å². The average Bonchev–Trinajstić information content (AvgIpc) is 2.42. The molecule has 1 aromatic carbocycles. The van der Waals surface area contributed by atoms with Gasteiger partial charge >= 0.3 is 0 Å². The maximum atomic E-state index is 12.5. The Labute approximate surface area is 124 Å². The van der Waals surface area contributed by atoms with Gasteiger partial charge in [-0.1, -0.05) is 23.7 Å². The highest BCUT2D eigenvalue weighted by atomic mass is 35.5. The van der Waals surface area contributed by atoms with Crippen molar-refractivity contribution in [3.8, 4) is 0 Å². The lowest BCUT2D eigenvalue weighted by Crippen LogP contribution is -2.22. The zero-order valence-electron chi connectivity index (χ0n) is 10.7. The molecule has 9 heteroatoms. The van der Waals surface area contributed by atoms with E-state index in [0.717, 1.165) is 0 Å². The Morgan fingerprint density at radius 3 is 2.52 bits per heavy atom. The molecule has 0 spiro atoms. The molecule has 0 atom stereocenters. The van der Waals surface area contributed by atoms with Crippen LogP contribution >= 0.6 is 11.6 Å². The first kappa shape index (κ1) is 14.5. The van der Waals surface area contributed by atoms with Gasteiger partial charge in [0.25, 0.3) is 0 Å². The number of nitrogens with two attached hydrogens (primary N) is 3. The van der Waals surface area contributed by atoms with Crippen molar-refractivity contribution in [3.05, 3.63) is 40.7 Å². The van der Waals surface area contributed by atoms with Crippen molar-refractivity contribution in [1.29, 1.82) is 5.41 Å². The summed E-state index contributed by atoms with van der Waals surface area (Å²) in [5.41, 5.74) is 16.9. The van der Waals surface area contributed by atoms with Gasteiger partial charge in [0.2, 0.25) is 5.78 Å². The second kappa shape index (κ2) is 5.63. The van der Waals surface area contributed by atoms with Crippen LogP contribution in [0.4, 0.5) is 17.3 Å². The molecule has 0 aliphatic carbocycles. The Balaban J connectivity index is 2.50. The third-order valence-electron chi connectivity index (χ3n) is 2.56. The van der Waals surface area contributed by atoms with Gasteiger partial charge in [0.1, 0.15) is 0 Å². The lowest BCUT2D eigenvalue weighted by Gasteiger charge is -2.10. The Bertz CT molecular complexity index is 732. The number of guanidine groups is 1. The monoisotopic (exact) mass is 305 g/mol. The summed E-state index contributed by atoms with van der Waals surface area (Å²) in [5.74, 6) is -0.990. The molecule has 1 heterocycles. The van der Waals surface area contributed by atoms with Crippen molar-refractivity contribution in [2.24, 2.45) is 5.73 Å². The van der Waals surface area contributed by atoms with Crippen molar-refractivity contribution in [1.82, 2.24) is 9.97 Å². The average molecular weight is 306 g/mol. The highest BCUT2D eigenvalue weighted by Gasteiger charge is 2.20. The molecule has 0 saturated heterocycles. The number of benzene rings is 1. The summed E-state index contributed by atoms with van der Waals surface area (Å²) in [5, 5.41) is 9.70. The number of halogens is 1. The van der Waals surface area contributed by atoms with E-state index >= 15 is 0 Å². The SMILES string of the molecule is N=C(N)Nc1ccccc1C(=O)c1nc(Cl)c(N)nc1N. The number of nitrogens with zero attached hydrogens (tertiary/aromatic N) is 2. The second-order valence-corrected chi connectivity index (χ2v) is 4.40. The number of para-hydroxylation sites is 1. The number of anilines is 3. The minimum absolute atomic E-state index is 0.0548. The summed E-state index contributed by atoms with van der Waals surface area (Å²) in [4.78, 5) is 20.1. The van der Waals surface area contributed by atoms with Gasteiger partial charge in [-0.25, -0.2) is 9.97 Å². The van der Waals surface area contributed by atoms with Gasteiger partial charge in [0.05, 0.1) is 5.69 Å². The molecule has 2 aromatic rings. The summed E-state index contributed by atoms with van der Waals surface area (Å²) in [7, 11) is 0. The standard InChI is InChI=1S/C12H12ClN7O/c13-9-11(15)20-10(14)7(19-9)8(21)5-3-1-2-4-6(5)18-12(16)17/h1-4H,(H4,14,15,20)(H4,16,17,18). The van der Waals surface area contributed by atoms with E-state index in [1.807, 2.05) is 0 Å². The van der Waals surface area contributed by atoms with Crippen LogP contribution in [-0.4, -0.2) is 21.7 Å². The highest BCUT2D eigenvalue weighted by Crippen LogP contribution is 2.23. The van der Waals surface area contributed by atoms with Crippen molar-refractivity contribution in [3.63, 3.8) is 0 Å². The summed E-state index contributed by atoms with van der Waals surface area (Å²) in [6.07, 6.45) is 0. The van der Waals surface area contributed by atoms with E-state index in [2.05, 4.69) is 15.3 Å². The van der Waals surface area contributed by atoms with Crippen LogP contribution in [0.5, 0.6) is 0 Å². The molecule has 1 aromatic heterocycles. The molecule has 0 unspecified atom stereocenters. The van der Waals surface area contributed by atoms with Gasteiger partial charge in [0.15, 0.2) is 28.4 Å². The lowest BCUT2D eigenvalue weighted by molar-refractivity contribution is 0.103. The number of nitrogens with one attached hydrogen (secondary N) is 2. The fourth-order valence-corrected chi connectivity index (χ4v) is 1.80. The molecule has 0 saturated carbocycles. The number of nitrogen functional groups attached to an aromatic ring is 2. The van der Waals surface area contributed by atoms with Crippen molar-refractivity contribution >= 4 is 40.7 Å². The molecule has 108 valence electrons. The minimum atomic E-state index is -0.508. The van der Waals surface area contributed by atoms with Gasteiger partial charge < -0.3 is 22.5 Å². The molecule has 0 fully saturated rings. The van der Waals surface area contributed by atoms with E-state index in [9.17, 15) is 4.79 Å². The summed E-state index contributed by atoms with van der Waals surface area (Å²) in [6, 6.07) is 6.48. The quantitative estimate of drug-likeness (QED) is 0.319. The number of ketones is 1. The number of rotatable bonds is 3. The molecular formula is C12H12ClN7O. The van der Waals surface area contributed by atoms with Crippen LogP contribution in [-0.2, 0) is 0 Å². The molecule has 0 aliphatic rings. The summed E-state index contributed by atoms with van der Waals surface area (Å²) >= 11 is 5.77. The Morgan fingerprint density at radius 2 is 1.86 bits per heavy atom. The first-order valence-corrected chi connectivity index (χ1v) is 6.11. The van der Waals surface area contributed by atoms with Crippen molar-refractivity contribution in [2.45, 2.75) is 0 Å². The number of carbonyl (C=O) groups excluding carboxylic acids is 1. The van der Waals surface area contributed by atoms with Crippen molar-refractivity contribution < 1.29 is 4.79 Å². The highest BCUT2D eigenvalue weighted by molar-refractivity contribution is 6.32. The normalized spacial score (nSPS) is 10.1. The van der Waals surface area contributed by atoms with Crippen molar-refractivity contribution in [2.75, 3.05) is 16.8 Å². The van der Waals surface area contributed by atoms with E-state index in [1.165, 1.54) is 0 Å². The molecule has 0 aliphatic heterocycles. The Hall–Kier alpha value is -2.87. The maximum Gasteiger partial charge on any atom is 0.217 e. The second-order valence-electron chi connectivity index (χ2n) is 4.05. The zero-order chi connectivity index (χ0) is 15.6. The van der Waals surface area contributed by atoms with Crippen LogP contribution in [0.3, 0.4) is 0 Å². The van der Waals surface area contributed by atoms with E-state index in [1.54, 1.807) is 24.3 Å². The van der Waals surface area contributed by atoms with Crippen LogP contribution in [0.15, 0.2) is 24.3 Å². The lowest BCUT2D eigenvalue weighted by atomic mass is 10.1. The van der Waals surface area contributed by atoms with E-state index in [4.69, 9.17) is 34.2 Å². The molecule has 0 amide bonds. The Kier molecular flexibility index (Phi) is 3.90. The number of aromatic nitrogens is 2. The van der Waals surface area contributed by atoms with Gasteiger partial charge in [-0.3, -0.25) is 10.2 Å². The molecule has 2 rings (SSSR count). The van der Waals surface area contributed by atoms with Crippen LogP contribution in [0.2, 0.25) is 5.15 Å². The zero-order valence-corrected chi connectivity index (χ0v) is 11.5. The molecular weight excluding hydrogens is 294 g/mol. The van der Waals surface area contributed by atoms with E-state index in [0.29, 0.717) is 5.69 Å². The van der Waals surface area contributed by atoms with Crippen LogP contribution in [0.25, 0.3) is 0 Å². The van der Waals surface area contributed by atoms with Gasteiger partial charge in [0, 0.05) is 5.56 Å². The Morgan fingerprint density at radius 1 is 1.19 bits per heavy atom. The van der Waals surface area contributed by atoms with Crippen LogP contribution in [0, 0.1) is 5.41 Å². The fourth-order valence-electron chi connectivity index (χ4n) is 1.67. The molecule has 0 bridgehead atoms. The third-order valence-corrected chi connectivity index (χ3v) is 2.84. The third kappa shape index (κ3) is 3.00. The molecule has 8 nitrogen and oxygen atoms in total. The predicted octanol–water partition coefficient (Wildman–Crippen LogP) is 0.831. The number of hydrogen-bond acceptors (Lipinski definition) is 6. The van der Waals surface area contributed by atoms with Crippen LogP contribution in [0.1, 0.15) is 16.1 Å². The van der Waals surface area contributed by atoms with E-state index < -0.39 is 5.78 Å². The van der Waals surface area contributed by atoms with Gasteiger partial charge in [-0.15, -0.1) is 0 Å². The molecule has 8 N–H and O–H groups in total.